The molecule has 5 heteroatoms. The maximum absolute atomic E-state index is 12.8. The zero-order valence-corrected chi connectivity index (χ0v) is 7.84. The van der Waals surface area contributed by atoms with Gasteiger partial charge in [0.25, 0.3) is 5.91 Å². The van der Waals surface area contributed by atoms with Gasteiger partial charge in [0.15, 0.2) is 11.6 Å². The number of benzene rings is 1. The van der Waals surface area contributed by atoms with Crippen LogP contribution in [0.15, 0.2) is 18.2 Å². The quantitative estimate of drug-likeness (QED) is 0.761. The average Bonchev–Trinajstić information content (AvgIpc) is 2.86. The van der Waals surface area contributed by atoms with Gasteiger partial charge < -0.3 is 11.1 Å². The standard InChI is InChI=1S/C10H10F2N2O/c11-6-2-1-5(3-7(6)12)10(15)14-9-4-8(9)13/h1-3,8-9H,4,13H2,(H,14,15). The van der Waals surface area contributed by atoms with E-state index in [-0.39, 0.29) is 17.6 Å². The van der Waals surface area contributed by atoms with Crippen LogP contribution in [-0.2, 0) is 0 Å². The normalized spacial score (nSPS) is 23.7. The Morgan fingerprint density at radius 3 is 2.60 bits per heavy atom. The van der Waals surface area contributed by atoms with Crippen molar-refractivity contribution in [3.63, 3.8) is 0 Å². The Balaban J connectivity index is 2.08. The Morgan fingerprint density at radius 2 is 2.07 bits per heavy atom. The fourth-order valence-corrected chi connectivity index (χ4v) is 1.27. The minimum atomic E-state index is -1.03. The molecular formula is C10H10F2N2O. The van der Waals surface area contributed by atoms with E-state index in [9.17, 15) is 13.6 Å². The third-order valence-electron chi connectivity index (χ3n) is 2.34. The second-order valence-corrected chi connectivity index (χ2v) is 3.61. The number of nitrogens with one attached hydrogen (secondary N) is 1. The lowest BCUT2D eigenvalue weighted by Crippen LogP contribution is -2.29. The summed E-state index contributed by atoms with van der Waals surface area (Å²) in [5.74, 6) is -2.41. The Morgan fingerprint density at radius 1 is 1.40 bits per heavy atom. The van der Waals surface area contributed by atoms with Crippen molar-refractivity contribution in [3.05, 3.63) is 35.4 Å². The third kappa shape index (κ3) is 2.12. The van der Waals surface area contributed by atoms with Gasteiger partial charge in [0.05, 0.1) is 0 Å². The predicted octanol–water partition coefficient (Wildman–Crippen LogP) is 0.794. The van der Waals surface area contributed by atoms with Gasteiger partial charge in [0, 0.05) is 17.6 Å². The van der Waals surface area contributed by atoms with Crippen LogP contribution < -0.4 is 11.1 Å². The van der Waals surface area contributed by atoms with Crippen LogP contribution in [0.2, 0.25) is 0 Å². The molecule has 2 atom stereocenters. The molecule has 1 aliphatic rings. The van der Waals surface area contributed by atoms with Crippen molar-refractivity contribution in [3.8, 4) is 0 Å². The zero-order valence-electron chi connectivity index (χ0n) is 7.84. The lowest BCUT2D eigenvalue weighted by Gasteiger charge is -2.03. The Labute approximate surface area is 85.3 Å². The first-order valence-corrected chi connectivity index (χ1v) is 4.59. The van der Waals surface area contributed by atoms with Crippen LogP contribution in [-0.4, -0.2) is 18.0 Å². The molecule has 0 aromatic heterocycles. The van der Waals surface area contributed by atoms with Crippen LogP contribution in [0.4, 0.5) is 8.78 Å². The van der Waals surface area contributed by atoms with Gasteiger partial charge in [-0.25, -0.2) is 8.78 Å². The monoisotopic (exact) mass is 212 g/mol. The van der Waals surface area contributed by atoms with Crippen molar-refractivity contribution >= 4 is 5.91 Å². The van der Waals surface area contributed by atoms with Crippen LogP contribution in [0.1, 0.15) is 16.8 Å². The van der Waals surface area contributed by atoms with E-state index in [0.717, 1.165) is 18.6 Å². The lowest BCUT2D eigenvalue weighted by atomic mass is 10.2. The second-order valence-electron chi connectivity index (χ2n) is 3.61. The summed E-state index contributed by atoms with van der Waals surface area (Å²) in [6.45, 7) is 0. The van der Waals surface area contributed by atoms with Gasteiger partial charge in [-0.15, -0.1) is 0 Å². The highest BCUT2D eigenvalue weighted by molar-refractivity contribution is 5.94. The van der Waals surface area contributed by atoms with E-state index in [0.29, 0.717) is 0 Å². The smallest absolute Gasteiger partial charge is 0.251 e. The first kappa shape index (κ1) is 10.0. The molecule has 0 heterocycles. The number of carbonyl (C=O) groups is 1. The Kier molecular flexibility index (Phi) is 2.40. The molecule has 0 radical (unpaired) electrons. The van der Waals surface area contributed by atoms with Gasteiger partial charge >= 0.3 is 0 Å². The van der Waals surface area contributed by atoms with Gasteiger partial charge in [-0.3, -0.25) is 4.79 Å². The van der Waals surface area contributed by atoms with Gasteiger partial charge in [-0.05, 0) is 24.6 Å². The van der Waals surface area contributed by atoms with Crippen molar-refractivity contribution in [1.82, 2.24) is 5.32 Å². The summed E-state index contributed by atoms with van der Waals surface area (Å²) in [6, 6.07) is 2.99. The van der Waals surface area contributed by atoms with E-state index >= 15 is 0 Å². The zero-order chi connectivity index (χ0) is 11.0. The Bertz CT molecular complexity index is 408. The summed E-state index contributed by atoms with van der Waals surface area (Å²) in [7, 11) is 0. The highest BCUT2D eigenvalue weighted by Crippen LogP contribution is 2.18. The molecule has 0 bridgehead atoms. The van der Waals surface area contributed by atoms with E-state index in [2.05, 4.69) is 5.32 Å². The van der Waals surface area contributed by atoms with E-state index in [4.69, 9.17) is 5.73 Å². The topological polar surface area (TPSA) is 55.1 Å². The number of rotatable bonds is 2. The number of amides is 1. The second kappa shape index (κ2) is 3.58. The molecule has 1 fully saturated rings. The highest BCUT2D eigenvalue weighted by Gasteiger charge is 2.34. The van der Waals surface area contributed by atoms with Gasteiger partial charge in [-0.1, -0.05) is 0 Å². The summed E-state index contributed by atoms with van der Waals surface area (Å²) >= 11 is 0. The molecule has 3 nitrogen and oxygen atoms in total. The van der Waals surface area contributed by atoms with Crippen LogP contribution in [0.25, 0.3) is 0 Å². The molecule has 15 heavy (non-hydrogen) atoms. The van der Waals surface area contributed by atoms with Crippen LogP contribution in [0.3, 0.4) is 0 Å². The van der Waals surface area contributed by atoms with Crippen molar-refractivity contribution < 1.29 is 13.6 Å². The molecule has 1 aromatic carbocycles. The van der Waals surface area contributed by atoms with Crippen LogP contribution >= 0.6 is 0 Å². The summed E-state index contributed by atoms with van der Waals surface area (Å²) in [5.41, 5.74) is 5.60. The van der Waals surface area contributed by atoms with Crippen molar-refractivity contribution in [1.29, 1.82) is 0 Å². The number of carbonyl (C=O) groups excluding carboxylic acids is 1. The molecule has 80 valence electrons. The van der Waals surface area contributed by atoms with Gasteiger partial charge in [0.1, 0.15) is 0 Å². The SMILES string of the molecule is NC1CC1NC(=O)c1ccc(F)c(F)c1. The van der Waals surface area contributed by atoms with E-state index in [1.165, 1.54) is 6.07 Å². The number of hydrogen-bond donors (Lipinski definition) is 2. The number of nitrogens with two attached hydrogens (primary N) is 1. The van der Waals surface area contributed by atoms with Crippen molar-refractivity contribution in [2.75, 3.05) is 0 Å². The predicted molar refractivity (Wildman–Crippen MR) is 50.2 cm³/mol. The minimum Gasteiger partial charge on any atom is -0.348 e. The average molecular weight is 212 g/mol. The molecule has 2 rings (SSSR count). The minimum absolute atomic E-state index is 0.0146. The summed E-state index contributed by atoms with van der Waals surface area (Å²) < 4.78 is 25.4. The molecule has 1 aliphatic carbocycles. The Hall–Kier alpha value is -1.49. The first-order valence-electron chi connectivity index (χ1n) is 4.59. The summed E-state index contributed by atoms with van der Waals surface area (Å²) in [4.78, 5) is 11.4. The molecule has 0 spiro atoms. The molecule has 1 saturated carbocycles. The molecule has 1 amide bonds. The number of halogens is 2. The van der Waals surface area contributed by atoms with Crippen LogP contribution in [0, 0.1) is 11.6 Å². The fourth-order valence-electron chi connectivity index (χ4n) is 1.27. The molecule has 3 N–H and O–H groups in total. The van der Waals surface area contributed by atoms with E-state index in [1.54, 1.807) is 0 Å². The fraction of sp³-hybridized carbons (Fsp3) is 0.300. The maximum Gasteiger partial charge on any atom is 0.251 e. The van der Waals surface area contributed by atoms with Gasteiger partial charge in [-0.2, -0.15) is 0 Å². The molecular weight excluding hydrogens is 202 g/mol. The number of hydrogen-bond acceptors (Lipinski definition) is 2. The first-order chi connectivity index (χ1) is 7.08. The molecule has 1 aromatic rings. The molecule has 2 unspecified atom stereocenters. The van der Waals surface area contributed by atoms with Crippen LogP contribution in [0.5, 0.6) is 0 Å². The summed E-state index contributed by atoms with van der Waals surface area (Å²) in [5, 5.41) is 2.61. The maximum atomic E-state index is 12.8. The lowest BCUT2D eigenvalue weighted by molar-refractivity contribution is 0.0949. The third-order valence-corrected chi connectivity index (χ3v) is 2.34. The summed E-state index contributed by atoms with van der Waals surface area (Å²) in [6.07, 6.45) is 0.732. The van der Waals surface area contributed by atoms with E-state index in [1.807, 2.05) is 0 Å². The molecule has 0 aliphatic heterocycles. The van der Waals surface area contributed by atoms with Crippen molar-refractivity contribution in [2.24, 2.45) is 5.73 Å². The van der Waals surface area contributed by atoms with Gasteiger partial charge in [0.2, 0.25) is 0 Å². The van der Waals surface area contributed by atoms with Crippen molar-refractivity contribution in [2.45, 2.75) is 18.5 Å². The van der Waals surface area contributed by atoms with E-state index < -0.39 is 17.5 Å². The molecule has 0 saturated heterocycles. The highest BCUT2D eigenvalue weighted by atomic mass is 19.2. The largest absolute Gasteiger partial charge is 0.348 e.